The van der Waals surface area contributed by atoms with Crippen LogP contribution in [0.3, 0.4) is 0 Å². The Kier molecular flexibility index (Phi) is 1.23. The average molecular weight is 95.1 g/mol. The molecule has 0 amide bonds. The van der Waals surface area contributed by atoms with Gasteiger partial charge in [0.2, 0.25) is 0 Å². The lowest BCUT2D eigenvalue weighted by Gasteiger charge is -1.67. The van der Waals surface area contributed by atoms with Gasteiger partial charge in [-0.2, -0.15) is 4.79 Å². The fourth-order valence-corrected chi connectivity index (χ4v) is 0.730. The minimum Gasteiger partial charge on any atom is -0.362 e. The van der Waals surface area contributed by atoms with Gasteiger partial charge in [-0.3, -0.25) is 0 Å². The maximum Gasteiger partial charge on any atom is 0.269 e. The first-order valence-corrected chi connectivity index (χ1v) is 2.45. The Balaban J connectivity index is 2.57. The smallest absolute Gasteiger partial charge is 0.269 e. The van der Waals surface area contributed by atoms with Gasteiger partial charge >= 0.3 is 0 Å². The first-order valence-electron chi connectivity index (χ1n) is 2.45. The molecule has 1 rings (SSSR count). The maximum atomic E-state index is 8.13. The first kappa shape index (κ1) is 4.54. The van der Waals surface area contributed by atoms with Gasteiger partial charge in [-0.25, -0.2) is 0 Å². The van der Waals surface area contributed by atoms with Gasteiger partial charge in [0.05, 0.1) is 0 Å². The lowest BCUT2D eigenvalue weighted by molar-refractivity contribution is -0.00896. The van der Waals surface area contributed by atoms with Crippen LogP contribution >= 0.6 is 0 Å². The molecule has 1 radical (unpaired) electrons. The van der Waals surface area contributed by atoms with E-state index >= 15 is 0 Å². The molecule has 0 heterocycles. The molecule has 0 aromatic rings. The summed E-state index contributed by atoms with van der Waals surface area (Å²) in [5, 5.41) is 0. The molecule has 0 aromatic heterocycles. The van der Waals surface area contributed by atoms with Gasteiger partial charge in [0.25, 0.3) is 5.71 Å². The summed E-state index contributed by atoms with van der Waals surface area (Å²) in [7, 11) is 0. The normalized spacial score (nSPS) is 19.7. The highest BCUT2D eigenvalue weighted by molar-refractivity contribution is 5.82. The zero-order chi connectivity index (χ0) is 5.11. The van der Waals surface area contributed by atoms with Crippen LogP contribution in [0.5, 0.6) is 0 Å². The van der Waals surface area contributed by atoms with Gasteiger partial charge in [0.1, 0.15) is 0 Å². The van der Waals surface area contributed by atoms with E-state index in [1.54, 1.807) is 0 Å². The summed E-state index contributed by atoms with van der Waals surface area (Å²) >= 11 is 0. The van der Waals surface area contributed by atoms with E-state index < -0.39 is 0 Å². The van der Waals surface area contributed by atoms with Crippen LogP contribution in [0.25, 0.3) is 5.53 Å². The molecule has 2 nitrogen and oxygen atoms in total. The largest absolute Gasteiger partial charge is 0.362 e. The van der Waals surface area contributed by atoms with Crippen molar-refractivity contribution in [2.75, 3.05) is 0 Å². The molecule has 0 aromatic carbocycles. The summed E-state index contributed by atoms with van der Waals surface area (Å²) in [4.78, 5) is 3.07. The molecule has 0 aliphatic heterocycles. The Hall–Kier alpha value is -0.620. The Morgan fingerprint density at radius 3 is 2.86 bits per heavy atom. The summed E-state index contributed by atoms with van der Waals surface area (Å²) in [6.07, 6.45) is 5.04. The Morgan fingerprint density at radius 1 is 1.71 bits per heavy atom. The number of nitrogens with zero attached hydrogens (tertiary/aromatic N) is 2. The van der Waals surface area contributed by atoms with Crippen molar-refractivity contribution in [1.29, 1.82) is 0 Å². The topological polar surface area (TPSA) is 36.4 Å². The molecule has 0 N–H and O–H groups in total. The molecular weight excluding hydrogens is 88.1 g/mol. The summed E-state index contributed by atoms with van der Waals surface area (Å²) in [6.45, 7) is 0. The Labute approximate surface area is 42.8 Å². The zero-order valence-corrected chi connectivity index (χ0v) is 4.09. The van der Waals surface area contributed by atoms with Crippen LogP contribution in [0.2, 0.25) is 0 Å². The van der Waals surface area contributed by atoms with Crippen LogP contribution in [0.4, 0.5) is 0 Å². The van der Waals surface area contributed by atoms with Gasteiger partial charge in [-0.15, -0.1) is 0 Å². The van der Waals surface area contributed by atoms with Crippen LogP contribution in [0, 0.1) is 6.42 Å². The highest BCUT2D eigenvalue weighted by Gasteiger charge is 2.14. The molecule has 0 spiro atoms. The van der Waals surface area contributed by atoms with Crippen LogP contribution in [0.1, 0.15) is 19.3 Å². The van der Waals surface area contributed by atoms with E-state index in [2.05, 4.69) is 11.2 Å². The SMILES string of the molecule is [N-]=[N+]=C1C[CH]CC1. The van der Waals surface area contributed by atoms with E-state index in [9.17, 15) is 0 Å². The second-order valence-electron chi connectivity index (χ2n) is 1.70. The molecule has 0 unspecified atom stereocenters. The lowest BCUT2D eigenvalue weighted by atomic mass is 10.3. The monoisotopic (exact) mass is 95.1 g/mol. The number of hydrogen-bond acceptors (Lipinski definition) is 0. The minimum atomic E-state index is 0.885. The van der Waals surface area contributed by atoms with Gasteiger partial charge in [-0.1, -0.05) is 0 Å². The third-order valence-electron chi connectivity index (χ3n) is 1.16. The molecule has 0 atom stereocenters. The molecular formula is C5H7N2. The number of hydrogen-bond donors (Lipinski definition) is 0. The fourth-order valence-electron chi connectivity index (χ4n) is 0.730. The van der Waals surface area contributed by atoms with Gasteiger partial charge in [0.15, 0.2) is 0 Å². The van der Waals surface area contributed by atoms with Crippen molar-refractivity contribution in [2.45, 2.75) is 19.3 Å². The van der Waals surface area contributed by atoms with Crippen LogP contribution in [-0.2, 0) is 0 Å². The van der Waals surface area contributed by atoms with Crippen molar-refractivity contribution >= 4 is 5.71 Å². The molecule has 1 aliphatic rings. The van der Waals surface area contributed by atoms with E-state index in [1.165, 1.54) is 0 Å². The highest BCUT2D eigenvalue weighted by atomic mass is 14.9. The zero-order valence-electron chi connectivity index (χ0n) is 4.09. The van der Waals surface area contributed by atoms with Gasteiger partial charge in [0, 0.05) is 12.8 Å². The van der Waals surface area contributed by atoms with Crippen LogP contribution in [0.15, 0.2) is 0 Å². The first-order chi connectivity index (χ1) is 3.43. The van der Waals surface area contributed by atoms with E-state index in [4.69, 9.17) is 5.53 Å². The quantitative estimate of drug-likeness (QED) is 0.318. The maximum absolute atomic E-state index is 8.13. The van der Waals surface area contributed by atoms with E-state index in [0.29, 0.717) is 0 Å². The minimum absolute atomic E-state index is 0.885. The summed E-state index contributed by atoms with van der Waals surface area (Å²) in [6, 6.07) is 0. The molecule has 0 saturated heterocycles. The molecule has 1 aliphatic carbocycles. The molecule has 0 bridgehead atoms. The molecule has 2 heteroatoms. The standard InChI is InChI=1S/C5H7N2/c6-7-5-3-1-2-4-5/h1H,2-4H2. The van der Waals surface area contributed by atoms with Crippen molar-refractivity contribution in [3.63, 3.8) is 0 Å². The second-order valence-corrected chi connectivity index (χ2v) is 1.70. The van der Waals surface area contributed by atoms with Crippen molar-refractivity contribution in [3.05, 3.63) is 12.0 Å². The highest BCUT2D eigenvalue weighted by Crippen LogP contribution is 2.10. The van der Waals surface area contributed by atoms with Crippen LogP contribution in [-0.4, -0.2) is 10.5 Å². The third kappa shape index (κ3) is 0.875. The molecule has 37 valence electrons. The van der Waals surface area contributed by atoms with Crippen molar-refractivity contribution < 1.29 is 4.79 Å². The third-order valence-corrected chi connectivity index (χ3v) is 1.16. The molecule has 7 heavy (non-hydrogen) atoms. The summed E-state index contributed by atoms with van der Waals surface area (Å²) in [5.74, 6) is 0. The average Bonchev–Trinajstić information content (AvgIpc) is 2.14. The second kappa shape index (κ2) is 1.90. The molecule has 1 fully saturated rings. The predicted octanol–water partition coefficient (Wildman–Crippen LogP) is 1.05. The van der Waals surface area contributed by atoms with E-state index in [0.717, 1.165) is 25.0 Å². The van der Waals surface area contributed by atoms with Crippen molar-refractivity contribution in [1.82, 2.24) is 0 Å². The van der Waals surface area contributed by atoms with E-state index in [-0.39, 0.29) is 0 Å². The van der Waals surface area contributed by atoms with Gasteiger partial charge < -0.3 is 5.53 Å². The van der Waals surface area contributed by atoms with E-state index in [1.807, 2.05) is 0 Å². The Bertz CT molecular complexity index is 103. The summed E-state index contributed by atoms with van der Waals surface area (Å²) in [5.41, 5.74) is 9.05. The van der Waals surface area contributed by atoms with Crippen molar-refractivity contribution in [2.24, 2.45) is 0 Å². The summed E-state index contributed by atoms with van der Waals surface area (Å²) < 4.78 is 0. The molecule has 1 saturated carbocycles. The lowest BCUT2D eigenvalue weighted by Crippen LogP contribution is -1.86. The van der Waals surface area contributed by atoms with Gasteiger partial charge in [-0.05, 0) is 12.8 Å². The number of rotatable bonds is 0. The van der Waals surface area contributed by atoms with Crippen molar-refractivity contribution in [3.8, 4) is 0 Å². The Morgan fingerprint density at radius 2 is 2.57 bits per heavy atom. The van der Waals surface area contributed by atoms with Crippen LogP contribution < -0.4 is 0 Å². The fraction of sp³-hybridized carbons (Fsp3) is 0.600. The predicted molar refractivity (Wildman–Crippen MR) is 26.8 cm³/mol.